The Morgan fingerprint density at radius 1 is 1.11 bits per heavy atom. The van der Waals surface area contributed by atoms with Crippen LogP contribution in [0.15, 0.2) is 36.4 Å². The molecule has 0 fully saturated rings. The van der Waals surface area contributed by atoms with Gasteiger partial charge in [0.1, 0.15) is 11.5 Å². The van der Waals surface area contributed by atoms with Crippen LogP contribution in [-0.2, 0) is 6.54 Å². The summed E-state index contributed by atoms with van der Waals surface area (Å²) >= 11 is 0. The Labute approximate surface area is 109 Å². The van der Waals surface area contributed by atoms with Gasteiger partial charge >= 0.3 is 0 Å². The molecule has 100 valence electrons. The molecule has 0 aliphatic rings. The average Bonchev–Trinajstić information content (AvgIpc) is 2.43. The number of hydrogen-bond donors (Lipinski definition) is 1. The molecule has 0 bridgehead atoms. The molecule has 0 spiro atoms. The van der Waals surface area contributed by atoms with Gasteiger partial charge in [0.15, 0.2) is 11.6 Å². The lowest BCUT2D eigenvalue weighted by Crippen LogP contribution is -2.01. The Bertz CT molecular complexity index is 588. The van der Waals surface area contributed by atoms with E-state index in [1.165, 1.54) is 19.2 Å². The zero-order valence-electron chi connectivity index (χ0n) is 10.3. The number of ether oxygens (including phenoxy) is 2. The highest BCUT2D eigenvalue weighted by Gasteiger charge is 2.12. The first-order valence-corrected chi connectivity index (χ1v) is 5.64. The lowest BCUT2D eigenvalue weighted by atomic mass is 10.2. The molecule has 19 heavy (non-hydrogen) atoms. The molecular weight excluding hydrogens is 252 g/mol. The molecule has 0 saturated carbocycles. The number of benzene rings is 2. The molecule has 0 atom stereocenters. The number of nitrogens with two attached hydrogens (primary N) is 1. The van der Waals surface area contributed by atoms with Crippen LogP contribution in [-0.4, -0.2) is 7.11 Å². The first-order valence-electron chi connectivity index (χ1n) is 5.64. The van der Waals surface area contributed by atoms with Crippen molar-refractivity contribution in [1.82, 2.24) is 0 Å². The standard InChI is InChI=1S/C14H13F2NO2/c1-18-10-6-5-9(8-17)13(7-10)19-12-4-2-3-11(15)14(12)16/h2-7H,8,17H2,1H3. The van der Waals surface area contributed by atoms with Crippen LogP contribution in [0.25, 0.3) is 0 Å². The van der Waals surface area contributed by atoms with Gasteiger partial charge in [-0.05, 0) is 18.2 Å². The van der Waals surface area contributed by atoms with E-state index in [1.54, 1.807) is 18.2 Å². The minimum absolute atomic E-state index is 0.192. The number of hydrogen-bond acceptors (Lipinski definition) is 3. The maximum absolute atomic E-state index is 13.5. The molecule has 0 aliphatic heterocycles. The third-order valence-corrected chi connectivity index (χ3v) is 2.63. The van der Waals surface area contributed by atoms with Crippen molar-refractivity contribution in [2.75, 3.05) is 7.11 Å². The Kier molecular flexibility index (Phi) is 3.97. The van der Waals surface area contributed by atoms with Gasteiger partial charge in [0.25, 0.3) is 0 Å². The fourth-order valence-electron chi connectivity index (χ4n) is 1.61. The van der Waals surface area contributed by atoms with Crippen molar-refractivity contribution >= 4 is 0 Å². The number of halogens is 2. The first-order chi connectivity index (χ1) is 9.15. The van der Waals surface area contributed by atoms with Crippen LogP contribution in [0.4, 0.5) is 8.78 Å². The molecule has 2 rings (SSSR count). The van der Waals surface area contributed by atoms with E-state index in [0.717, 1.165) is 6.07 Å². The second-order valence-electron chi connectivity index (χ2n) is 3.83. The SMILES string of the molecule is COc1ccc(CN)c(Oc2cccc(F)c2F)c1. The highest BCUT2D eigenvalue weighted by molar-refractivity contribution is 5.43. The zero-order chi connectivity index (χ0) is 13.8. The third kappa shape index (κ3) is 2.82. The lowest BCUT2D eigenvalue weighted by Gasteiger charge is -2.12. The highest BCUT2D eigenvalue weighted by atomic mass is 19.2. The van der Waals surface area contributed by atoms with Crippen LogP contribution in [0.5, 0.6) is 17.2 Å². The van der Waals surface area contributed by atoms with E-state index in [2.05, 4.69) is 0 Å². The van der Waals surface area contributed by atoms with E-state index >= 15 is 0 Å². The van der Waals surface area contributed by atoms with Crippen LogP contribution >= 0.6 is 0 Å². The molecule has 3 nitrogen and oxygen atoms in total. The second-order valence-corrected chi connectivity index (χ2v) is 3.83. The maximum atomic E-state index is 13.5. The quantitative estimate of drug-likeness (QED) is 0.923. The van der Waals surface area contributed by atoms with E-state index in [0.29, 0.717) is 17.1 Å². The van der Waals surface area contributed by atoms with Crippen molar-refractivity contribution < 1.29 is 18.3 Å². The fraction of sp³-hybridized carbons (Fsp3) is 0.143. The zero-order valence-corrected chi connectivity index (χ0v) is 10.3. The van der Waals surface area contributed by atoms with Crippen molar-refractivity contribution in [3.8, 4) is 17.2 Å². The van der Waals surface area contributed by atoms with Crippen LogP contribution < -0.4 is 15.2 Å². The Morgan fingerprint density at radius 2 is 1.89 bits per heavy atom. The van der Waals surface area contributed by atoms with Crippen molar-refractivity contribution in [3.63, 3.8) is 0 Å². The monoisotopic (exact) mass is 265 g/mol. The Balaban J connectivity index is 2.39. The highest BCUT2D eigenvalue weighted by Crippen LogP contribution is 2.31. The lowest BCUT2D eigenvalue weighted by molar-refractivity contribution is 0.397. The first kappa shape index (κ1) is 13.3. The topological polar surface area (TPSA) is 44.5 Å². The molecule has 0 heterocycles. The van der Waals surface area contributed by atoms with E-state index in [9.17, 15) is 8.78 Å². The molecule has 5 heteroatoms. The second kappa shape index (κ2) is 5.67. The van der Waals surface area contributed by atoms with Gasteiger partial charge in [0, 0.05) is 18.2 Å². The number of methoxy groups -OCH3 is 1. The van der Waals surface area contributed by atoms with Crippen molar-refractivity contribution in [2.24, 2.45) is 5.73 Å². The summed E-state index contributed by atoms with van der Waals surface area (Å²) in [5, 5.41) is 0. The summed E-state index contributed by atoms with van der Waals surface area (Å²) in [6, 6.07) is 8.75. The Morgan fingerprint density at radius 3 is 2.58 bits per heavy atom. The summed E-state index contributed by atoms with van der Waals surface area (Å²) in [6.07, 6.45) is 0. The smallest absolute Gasteiger partial charge is 0.201 e. The van der Waals surface area contributed by atoms with Crippen LogP contribution in [0.2, 0.25) is 0 Å². The summed E-state index contributed by atoms with van der Waals surface area (Å²) in [6.45, 7) is 0.219. The molecular formula is C14H13F2NO2. The molecule has 0 aliphatic carbocycles. The van der Waals surface area contributed by atoms with Gasteiger partial charge in [-0.1, -0.05) is 12.1 Å². The minimum atomic E-state index is -1.03. The van der Waals surface area contributed by atoms with E-state index in [4.69, 9.17) is 15.2 Å². The predicted octanol–water partition coefficient (Wildman–Crippen LogP) is 3.22. The van der Waals surface area contributed by atoms with Gasteiger partial charge in [-0.2, -0.15) is 4.39 Å². The van der Waals surface area contributed by atoms with Crippen LogP contribution in [0.1, 0.15) is 5.56 Å². The summed E-state index contributed by atoms with van der Waals surface area (Å²) in [7, 11) is 1.50. The normalized spacial score (nSPS) is 10.3. The van der Waals surface area contributed by atoms with Gasteiger partial charge in [0.05, 0.1) is 7.11 Å². The summed E-state index contributed by atoms with van der Waals surface area (Å²) in [5.74, 6) is -1.30. The van der Waals surface area contributed by atoms with Crippen molar-refractivity contribution in [1.29, 1.82) is 0 Å². The molecule has 0 amide bonds. The van der Waals surface area contributed by atoms with Gasteiger partial charge in [-0.3, -0.25) is 0 Å². The average molecular weight is 265 g/mol. The third-order valence-electron chi connectivity index (χ3n) is 2.63. The fourth-order valence-corrected chi connectivity index (χ4v) is 1.61. The van der Waals surface area contributed by atoms with E-state index in [-0.39, 0.29) is 12.3 Å². The molecule has 0 saturated heterocycles. The Hall–Kier alpha value is -2.14. The largest absolute Gasteiger partial charge is 0.497 e. The summed E-state index contributed by atoms with van der Waals surface area (Å²) in [5.41, 5.74) is 6.25. The van der Waals surface area contributed by atoms with Crippen molar-refractivity contribution in [3.05, 3.63) is 53.6 Å². The summed E-state index contributed by atoms with van der Waals surface area (Å²) in [4.78, 5) is 0. The van der Waals surface area contributed by atoms with E-state index < -0.39 is 11.6 Å². The minimum Gasteiger partial charge on any atom is -0.497 e. The molecule has 0 aromatic heterocycles. The predicted molar refractivity (Wildman–Crippen MR) is 67.3 cm³/mol. The molecule has 0 unspecified atom stereocenters. The maximum Gasteiger partial charge on any atom is 0.201 e. The molecule has 2 aromatic rings. The molecule has 2 aromatic carbocycles. The van der Waals surface area contributed by atoms with Gasteiger partial charge in [0.2, 0.25) is 5.82 Å². The molecule has 0 radical (unpaired) electrons. The molecule has 2 N–H and O–H groups in total. The summed E-state index contributed by atoms with van der Waals surface area (Å²) < 4.78 is 37.1. The van der Waals surface area contributed by atoms with E-state index in [1.807, 2.05) is 0 Å². The van der Waals surface area contributed by atoms with Crippen molar-refractivity contribution in [2.45, 2.75) is 6.54 Å². The van der Waals surface area contributed by atoms with Crippen LogP contribution in [0, 0.1) is 11.6 Å². The number of rotatable bonds is 4. The van der Waals surface area contributed by atoms with Gasteiger partial charge in [-0.15, -0.1) is 0 Å². The van der Waals surface area contributed by atoms with Crippen LogP contribution in [0.3, 0.4) is 0 Å². The van der Waals surface area contributed by atoms with Gasteiger partial charge < -0.3 is 15.2 Å². The van der Waals surface area contributed by atoms with Gasteiger partial charge in [-0.25, -0.2) is 4.39 Å².